The first-order chi connectivity index (χ1) is 12.7. The molecule has 0 saturated heterocycles. The fourth-order valence-corrected chi connectivity index (χ4v) is 3.53. The van der Waals surface area contributed by atoms with Crippen molar-refractivity contribution in [3.63, 3.8) is 0 Å². The molecule has 0 unspecified atom stereocenters. The minimum absolute atomic E-state index is 0.0482. The molecule has 5 heteroatoms. The predicted octanol–water partition coefficient (Wildman–Crippen LogP) is 3.89. The van der Waals surface area contributed by atoms with Gasteiger partial charge in [-0.1, -0.05) is 57.9 Å². The zero-order valence-electron chi connectivity index (χ0n) is 16.9. The fourth-order valence-electron chi connectivity index (χ4n) is 3.53. The van der Waals surface area contributed by atoms with Crippen molar-refractivity contribution in [2.75, 3.05) is 0 Å². The number of carboxylic acid groups (broad SMARTS) is 1. The summed E-state index contributed by atoms with van der Waals surface area (Å²) in [6, 6.07) is 0. The molecule has 1 aliphatic carbocycles. The molecule has 3 N–H and O–H groups in total. The van der Waals surface area contributed by atoms with Gasteiger partial charge in [0.05, 0.1) is 12.2 Å². The number of rotatable bonds is 12. The molecule has 1 saturated carbocycles. The van der Waals surface area contributed by atoms with E-state index >= 15 is 0 Å². The molecule has 0 radical (unpaired) electrons. The van der Waals surface area contributed by atoms with Gasteiger partial charge in [0.25, 0.3) is 0 Å². The molecule has 0 amide bonds. The molecule has 0 aromatic carbocycles. The van der Waals surface area contributed by atoms with Crippen molar-refractivity contribution in [1.82, 2.24) is 0 Å². The lowest BCUT2D eigenvalue weighted by Crippen LogP contribution is -2.28. The molecule has 1 aliphatic rings. The lowest BCUT2D eigenvalue weighted by Gasteiger charge is -2.29. The van der Waals surface area contributed by atoms with E-state index in [1.54, 1.807) is 6.08 Å². The summed E-state index contributed by atoms with van der Waals surface area (Å²) in [5.74, 6) is -1.31. The second-order valence-corrected chi connectivity index (χ2v) is 8.34. The molecule has 1 fully saturated rings. The Balaban J connectivity index is 2.63. The largest absolute Gasteiger partial charge is 0.481 e. The van der Waals surface area contributed by atoms with Crippen LogP contribution in [0, 0.1) is 17.3 Å². The fraction of sp³-hybridized carbons (Fsp3) is 0.727. The van der Waals surface area contributed by atoms with Crippen molar-refractivity contribution < 1.29 is 24.9 Å². The van der Waals surface area contributed by atoms with Crippen molar-refractivity contribution in [1.29, 1.82) is 0 Å². The van der Waals surface area contributed by atoms with E-state index < -0.39 is 18.2 Å². The van der Waals surface area contributed by atoms with Crippen molar-refractivity contribution in [3.8, 4) is 0 Å². The lowest BCUT2D eigenvalue weighted by atomic mass is 9.80. The van der Waals surface area contributed by atoms with Crippen LogP contribution in [0.4, 0.5) is 0 Å². The van der Waals surface area contributed by atoms with Gasteiger partial charge in [-0.2, -0.15) is 0 Å². The van der Waals surface area contributed by atoms with Crippen LogP contribution >= 0.6 is 0 Å². The third-order valence-corrected chi connectivity index (χ3v) is 5.54. The van der Waals surface area contributed by atoms with E-state index in [1.165, 1.54) is 0 Å². The molecular weight excluding hydrogens is 344 g/mol. The van der Waals surface area contributed by atoms with Gasteiger partial charge in [-0.05, 0) is 31.1 Å². The molecule has 0 aliphatic heterocycles. The van der Waals surface area contributed by atoms with Gasteiger partial charge < -0.3 is 15.3 Å². The molecule has 5 nitrogen and oxygen atoms in total. The van der Waals surface area contributed by atoms with Gasteiger partial charge in [0, 0.05) is 24.7 Å². The van der Waals surface area contributed by atoms with E-state index in [2.05, 4.69) is 6.92 Å². The molecular formula is C22H36O5. The molecule has 0 bridgehead atoms. The van der Waals surface area contributed by atoms with E-state index in [4.69, 9.17) is 5.11 Å². The van der Waals surface area contributed by atoms with Crippen LogP contribution in [0.3, 0.4) is 0 Å². The summed E-state index contributed by atoms with van der Waals surface area (Å²) < 4.78 is 0. The average Bonchev–Trinajstić information content (AvgIpc) is 2.86. The zero-order chi connectivity index (χ0) is 20.4. The smallest absolute Gasteiger partial charge is 0.303 e. The Labute approximate surface area is 163 Å². The predicted molar refractivity (Wildman–Crippen MR) is 106 cm³/mol. The number of aliphatic carboxylic acids is 1. The monoisotopic (exact) mass is 380 g/mol. The number of allylic oxidation sites excluding steroid dienone is 2. The minimum Gasteiger partial charge on any atom is -0.481 e. The van der Waals surface area contributed by atoms with Crippen LogP contribution in [0.5, 0.6) is 0 Å². The second kappa shape index (κ2) is 11.4. The average molecular weight is 381 g/mol. The van der Waals surface area contributed by atoms with Crippen LogP contribution in [0.1, 0.15) is 72.1 Å². The number of carboxylic acids is 1. The molecule has 27 heavy (non-hydrogen) atoms. The molecule has 1 rings (SSSR count). The number of aliphatic hydroxyl groups excluding tert-OH is 2. The molecule has 4 atom stereocenters. The van der Waals surface area contributed by atoms with E-state index in [0.29, 0.717) is 19.3 Å². The first-order valence-electron chi connectivity index (χ1n) is 10.1. The van der Waals surface area contributed by atoms with Crippen molar-refractivity contribution in [2.45, 2.75) is 84.3 Å². The SMILES string of the molecule is CCCCC(C)(C)[C@H](O)/C=C/[C@@H]1[C@H](O)CC(=O)[C@@H]1C/C=C/CCCC(=O)O. The lowest BCUT2D eigenvalue weighted by molar-refractivity contribution is -0.137. The Kier molecular flexibility index (Phi) is 9.95. The van der Waals surface area contributed by atoms with Crippen molar-refractivity contribution in [3.05, 3.63) is 24.3 Å². The standard InChI is InChI=1S/C22H36O5/c1-4-5-14-22(2,3)20(25)13-12-17-16(18(23)15-19(17)24)10-8-6-7-9-11-21(26)27/h6,8,12-13,16-17,19-20,24-25H,4-5,7,9-11,14-15H2,1-3H3,(H,26,27)/b8-6+,13-12+/t16-,17+,19-,20-/m1/s1. The zero-order valence-corrected chi connectivity index (χ0v) is 16.9. The number of ketones is 1. The normalized spacial score (nSPS) is 24.9. The Morgan fingerprint density at radius 3 is 2.63 bits per heavy atom. The quantitative estimate of drug-likeness (QED) is 0.353. The van der Waals surface area contributed by atoms with Crippen LogP contribution < -0.4 is 0 Å². The van der Waals surface area contributed by atoms with Gasteiger partial charge in [0.1, 0.15) is 5.78 Å². The topological polar surface area (TPSA) is 94.8 Å². The summed E-state index contributed by atoms with van der Waals surface area (Å²) in [6.07, 6.45) is 11.2. The Morgan fingerprint density at radius 1 is 1.30 bits per heavy atom. The van der Waals surface area contributed by atoms with Crippen LogP contribution in [0.15, 0.2) is 24.3 Å². The summed E-state index contributed by atoms with van der Waals surface area (Å²) in [6.45, 7) is 6.19. The highest BCUT2D eigenvalue weighted by molar-refractivity contribution is 5.84. The van der Waals surface area contributed by atoms with Gasteiger partial charge in [-0.15, -0.1) is 0 Å². The Bertz CT molecular complexity index is 535. The Hall–Kier alpha value is -1.46. The molecule has 154 valence electrons. The van der Waals surface area contributed by atoms with E-state index in [0.717, 1.165) is 19.3 Å². The van der Waals surface area contributed by atoms with Crippen molar-refractivity contribution in [2.24, 2.45) is 17.3 Å². The van der Waals surface area contributed by atoms with Crippen LogP contribution in [0.2, 0.25) is 0 Å². The third kappa shape index (κ3) is 7.97. The number of Topliss-reactive ketones (excluding diaryl/α,β-unsaturated/α-hetero) is 1. The van der Waals surface area contributed by atoms with Gasteiger partial charge in [0.2, 0.25) is 0 Å². The number of carbonyl (C=O) groups excluding carboxylic acids is 1. The van der Waals surface area contributed by atoms with Gasteiger partial charge in [0.15, 0.2) is 0 Å². The highest BCUT2D eigenvalue weighted by Crippen LogP contribution is 2.35. The number of aliphatic hydroxyl groups is 2. The van der Waals surface area contributed by atoms with E-state index in [1.807, 2.05) is 32.1 Å². The van der Waals surface area contributed by atoms with Crippen LogP contribution in [0.25, 0.3) is 0 Å². The maximum Gasteiger partial charge on any atom is 0.303 e. The molecule has 0 heterocycles. The number of hydrogen-bond acceptors (Lipinski definition) is 4. The summed E-state index contributed by atoms with van der Waals surface area (Å²) >= 11 is 0. The third-order valence-electron chi connectivity index (χ3n) is 5.54. The first-order valence-corrected chi connectivity index (χ1v) is 10.1. The highest BCUT2D eigenvalue weighted by atomic mass is 16.4. The maximum atomic E-state index is 12.2. The maximum absolute atomic E-state index is 12.2. The molecule has 0 aromatic heterocycles. The molecule has 0 spiro atoms. The van der Waals surface area contributed by atoms with Crippen LogP contribution in [-0.2, 0) is 9.59 Å². The summed E-state index contributed by atoms with van der Waals surface area (Å²) in [5.41, 5.74) is -0.236. The van der Waals surface area contributed by atoms with E-state index in [9.17, 15) is 19.8 Å². The minimum atomic E-state index is -0.803. The van der Waals surface area contributed by atoms with Crippen molar-refractivity contribution >= 4 is 11.8 Å². The first kappa shape index (κ1) is 23.6. The summed E-state index contributed by atoms with van der Waals surface area (Å²) in [7, 11) is 0. The number of carbonyl (C=O) groups is 2. The number of hydrogen-bond donors (Lipinski definition) is 3. The van der Waals surface area contributed by atoms with Gasteiger partial charge >= 0.3 is 5.97 Å². The highest BCUT2D eigenvalue weighted by Gasteiger charge is 2.39. The van der Waals surface area contributed by atoms with E-state index in [-0.39, 0.29) is 35.9 Å². The summed E-state index contributed by atoms with van der Waals surface area (Å²) in [4.78, 5) is 22.7. The van der Waals surface area contributed by atoms with Crippen LogP contribution in [-0.4, -0.2) is 39.3 Å². The van der Waals surface area contributed by atoms with Gasteiger partial charge in [-0.3, -0.25) is 9.59 Å². The number of unbranched alkanes of at least 4 members (excludes halogenated alkanes) is 2. The Morgan fingerprint density at radius 2 is 2.00 bits per heavy atom. The summed E-state index contributed by atoms with van der Waals surface area (Å²) in [5, 5.41) is 29.4. The second-order valence-electron chi connectivity index (χ2n) is 8.34. The molecule has 0 aromatic rings. The van der Waals surface area contributed by atoms with Gasteiger partial charge in [-0.25, -0.2) is 0 Å².